The Kier molecular flexibility index (Phi) is 4.97. The Bertz CT molecular complexity index is 450. The van der Waals surface area contributed by atoms with Crippen LogP contribution in [0.1, 0.15) is 25.8 Å². The maximum absolute atomic E-state index is 13.9. The van der Waals surface area contributed by atoms with Crippen LogP contribution in [-0.2, 0) is 6.54 Å². The molecular weight excluding hydrogens is 260 g/mol. The number of alkyl halides is 1. The Morgan fingerprint density at radius 3 is 2.80 bits per heavy atom. The maximum atomic E-state index is 13.9. The summed E-state index contributed by atoms with van der Waals surface area (Å²) in [5, 5.41) is 0. The Labute approximate surface area is 119 Å². The number of benzene rings is 1. The van der Waals surface area contributed by atoms with Gasteiger partial charge in [0, 0.05) is 31.1 Å². The van der Waals surface area contributed by atoms with Gasteiger partial charge in [-0.05, 0) is 24.5 Å². The van der Waals surface area contributed by atoms with E-state index in [4.69, 9.17) is 4.74 Å². The molecule has 2 nitrogen and oxygen atoms in total. The summed E-state index contributed by atoms with van der Waals surface area (Å²) in [6.07, 6.45) is -0.214. The van der Waals surface area contributed by atoms with Crippen LogP contribution >= 0.6 is 0 Å². The predicted molar refractivity (Wildman–Crippen MR) is 76.1 cm³/mol. The second-order valence-corrected chi connectivity index (χ2v) is 5.87. The topological polar surface area (TPSA) is 12.5 Å². The van der Waals surface area contributed by atoms with Crippen LogP contribution in [0.25, 0.3) is 0 Å². The molecule has 0 spiro atoms. The summed E-state index contributed by atoms with van der Waals surface area (Å²) < 4.78 is 33.1. The quantitative estimate of drug-likeness (QED) is 0.836. The second-order valence-electron chi connectivity index (χ2n) is 5.87. The van der Waals surface area contributed by atoms with E-state index >= 15 is 0 Å². The van der Waals surface area contributed by atoms with Gasteiger partial charge in [-0.2, -0.15) is 0 Å². The third-order valence-electron chi connectivity index (χ3n) is 4.19. The SMILES string of the molecule is COc1cccc(F)c1CN1CCC(F)C(C(C)C)C1. The zero-order valence-corrected chi connectivity index (χ0v) is 12.4. The molecule has 0 amide bonds. The summed E-state index contributed by atoms with van der Waals surface area (Å²) in [7, 11) is 1.54. The fourth-order valence-corrected chi connectivity index (χ4v) is 2.90. The van der Waals surface area contributed by atoms with Gasteiger partial charge in [-0.15, -0.1) is 0 Å². The van der Waals surface area contributed by atoms with E-state index in [1.165, 1.54) is 6.07 Å². The molecule has 2 rings (SSSR count). The van der Waals surface area contributed by atoms with Crippen LogP contribution in [0.5, 0.6) is 5.75 Å². The molecule has 20 heavy (non-hydrogen) atoms. The number of hydrogen-bond acceptors (Lipinski definition) is 2. The van der Waals surface area contributed by atoms with Gasteiger partial charge in [0.1, 0.15) is 17.7 Å². The minimum atomic E-state index is -0.742. The van der Waals surface area contributed by atoms with Gasteiger partial charge in [0.2, 0.25) is 0 Å². The van der Waals surface area contributed by atoms with Gasteiger partial charge in [0.05, 0.1) is 7.11 Å². The van der Waals surface area contributed by atoms with E-state index in [2.05, 4.69) is 4.90 Å². The van der Waals surface area contributed by atoms with Gasteiger partial charge < -0.3 is 4.74 Å². The number of methoxy groups -OCH3 is 1. The number of likely N-dealkylation sites (tertiary alicyclic amines) is 1. The predicted octanol–water partition coefficient (Wildman–Crippen LogP) is 3.65. The second kappa shape index (κ2) is 6.53. The van der Waals surface area contributed by atoms with Gasteiger partial charge in [0.15, 0.2) is 0 Å². The average Bonchev–Trinajstić information content (AvgIpc) is 2.42. The molecular formula is C16H23F2NO. The molecule has 2 unspecified atom stereocenters. The van der Waals surface area contributed by atoms with Crippen LogP contribution in [-0.4, -0.2) is 31.3 Å². The molecule has 0 aliphatic carbocycles. The third kappa shape index (κ3) is 3.29. The number of nitrogens with zero attached hydrogens (tertiary/aromatic N) is 1. The first-order valence-corrected chi connectivity index (χ1v) is 7.20. The number of rotatable bonds is 4. The molecule has 1 aliphatic rings. The normalized spacial score (nSPS) is 24.1. The van der Waals surface area contributed by atoms with Crippen molar-refractivity contribution in [2.75, 3.05) is 20.2 Å². The van der Waals surface area contributed by atoms with Crippen molar-refractivity contribution in [3.63, 3.8) is 0 Å². The Morgan fingerprint density at radius 2 is 2.15 bits per heavy atom. The van der Waals surface area contributed by atoms with Crippen LogP contribution in [0, 0.1) is 17.7 Å². The largest absolute Gasteiger partial charge is 0.496 e. The van der Waals surface area contributed by atoms with E-state index < -0.39 is 6.17 Å². The van der Waals surface area contributed by atoms with Crippen molar-refractivity contribution in [3.8, 4) is 5.75 Å². The molecule has 1 aromatic carbocycles. The number of halogens is 2. The zero-order valence-electron chi connectivity index (χ0n) is 12.4. The highest BCUT2D eigenvalue weighted by Crippen LogP contribution is 2.29. The van der Waals surface area contributed by atoms with E-state index in [0.717, 1.165) is 0 Å². The van der Waals surface area contributed by atoms with Gasteiger partial charge >= 0.3 is 0 Å². The Hall–Kier alpha value is -1.16. The maximum Gasteiger partial charge on any atom is 0.131 e. The Morgan fingerprint density at radius 1 is 1.40 bits per heavy atom. The number of hydrogen-bond donors (Lipinski definition) is 0. The van der Waals surface area contributed by atoms with Crippen molar-refractivity contribution in [2.24, 2.45) is 11.8 Å². The summed E-state index contributed by atoms with van der Waals surface area (Å²) >= 11 is 0. The van der Waals surface area contributed by atoms with E-state index in [0.29, 0.717) is 43.3 Å². The van der Waals surface area contributed by atoms with Gasteiger partial charge in [-0.3, -0.25) is 4.90 Å². The molecule has 0 saturated carbocycles. The van der Waals surface area contributed by atoms with Crippen LogP contribution < -0.4 is 4.74 Å². The third-order valence-corrected chi connectivity index (χ3v) is 4.19. The first-order chi connectivity index (χ1) is 9.52. The van der Waals surface area contributed by atoms with Crippen molar-refractivity contribution < 1.29 is 13.5 Å². The average molecular weight is 283 g/mol. The highest BCUT2D eigenvalue weighted by molar-refractivity contribution is 5.34. The molecule has 1 fully saturated rings. The Balaban J connectivity index is 2.11. The van der Waals surface area contributed by atoms with E-state index in [-0.39, 0.29) is 11.7 Å². The van der Waals surface area contributed by atoms with E-state index in [9.17, 15) is 8.78 Å². The summed E-state index contributed by atoms with van der Waals surface area (Å²) in [5.74, 6) is 0.637. The minimum Gasteiger partial charge on any atom is -0.496 e. The fourth-order valence-electron chi connectivity index (χ4n) is 2.90. The van der Waals surface area contributed by atoms with Crippen LogP contribution in [0.15, 0.2) is 18.2 Å². The lowest BCUT2D eigenvalue weighted by Crippen LogP contribution is -2.43. The van der Waals surface area contributed by atoms with Crippen molar-refractivity contribution in [1.29, 1.82) is 0 Å². The van der Waals surface area contributed by atoms with Gasteiger partial charge in [-0.1, -0.05) is 19.9 Å². The lowest BCUT2D eigenvalue weighted by molar-refractivity contribution is 0.0566. The van der Waals surface area contributed by atoms with Crippen molar-refractivity contribution in [1.82, 2.24) is 4.90 Å². The molecule has 1 aliphatic heterocycles. The standard InChI is InChI=1S/C16H23F2NO/c1-11(2)12-9-19(8-7-15(12)18)10-13-14(17)5-4-6-16(13)20-3/h4-6,11-12,15H,7-10H2,1-3H3. The fraction of sp³-hybridized carbons (Fsp3) is 0.625. The molecule has 2 atom stereocenters. The molecule has 1 saturated heterocycles. The molecule has 112 valence electrons. The molecule has 1 aromatic rings. The first-order valence-electron chi connectivity index (χ1n) is 7.20. The number of piperidine rings is 1. The summed E-state index contributed by atoms with van der Waals surface area (Å²) in [6, 6.07) is 4.85. The molecule has 0 radical (unpaired) electrons. The molecule has 0 bridgehead atoms. The van der Waals surface area contributed by atoms with Crippen molar-refractivity contribution in [3.05, 3.63) is 29.6 Å². The van der Waals surface area contributed by atoms with Crippen molar-refractivity contribution >= 4 is 0 Å². The summed E-state index contributed by atoms with van der Waals surface area (Å²) in [5.41, 5.74) is 0.565. The monoisotopic (exact) mass is 283 g/mol. The zero-order chi connectivity index (χ0) is 14.7. The summed E-state index contributed by atoms with van der Waals surface area (Å²) in [6.45, 7) is 5.92. The van der Waals surface area contributed by atoms with Crippen LogP contribution in [0.4, 0.5) is 8.78 Å². The van der Waals surface area contributed by atoms with Gasteiger partial charge in [0.25, 0.3) is 0 Å². The van der Waals surface area contributed by atoms with E-state index in [1.807, 2.05) is 13.8 Å². The summed E-state index contributed by atoms with van der Waals surface area (Å²) in [4.78, 5) is 2.13. The lowest BCUT2D eigenvalue weighted by atomic mass is 9.86. The van der Waals surface area contributed by atoms with Crippen molar-refractivity contribution in [2.45, 2.75) is 33.0 Å². The highest BCUT2D eigenvalue weighted by atomic mass is 19.1. The highest BCUT2D eigenvalue weighted by Gasteiger charge is 2.31. The molecule has 0 N–H and O–H groups in total. The number of ether oxygens (including phenoxy) is 1. The molecule has 4 heteroatoms. The minimum absolute atomic E-state index is 0.0292. The van der Waals surface area contributed by atoms with Crippen LogP contribution in [0.2, 0.25) is 0 Å². The molecule has 0 aromatic heterocycles. The van der Waals surface area contributed by atoms with E-state index in [1.54, 1.807) is 19.2 Å². The molecule has 1 heterocycles. The lowest BCUT2D eigenvalue weighted by Gasteiger charge is -2.37. The van der Waals surface area contributed by atoms with Gasteiger partial charge in [-0.25, -0.2) is 8.78 Å². The van der Waals surface area contributed by atoms with Crippen LogP contribution in [0.3, 0.4) is 0 Å². The smallest absolute Gasteiger partial charge is 0.131 e. The first kappa shape index (κ1) is 15.2.